The van der Waals surface area contributed by atoms with E-state index in [9.17, 15) is 4.39 Å². The van der Waals surface area contributed by atoms with E-state index in [1.54, 1.807) is 12.1 Å². The molecule has 4 heteroatoms. The third-order valence-corrected chi connectivity index (χ3v) is 2.54. The molecule has 88 valence electrons. The third-order valence-electron chi connectivity index (χ3n) is 2.31. The Morgan fingerprint density at radius 1 is 1.56 bits per heavy atom. The van der Waals surface area contributed by atoms with Gasteiger partial charge in [-0.05, 0) is 31.2 Å². The number of benzene rings is 1. The van der Waals surface area contributed by atoms with E-state index in [0.717, 1.165) is 13.0 Å². The van der Waals surface area contributed by atoms with Crippen molar-refractivity contribution in [2.24, 2.45) is 5.73 Å². The van der Waals surface area contributed by atoms with Crippen molar-refractivity contribution in [1.29, 1.82) is 0 Å². The van der Waals surface area contributed by atoms with E-state index in [2.05, 4.69) is 11.9 Å². The molecule has 0 fully saturated rings. The maximum atomic E-state index is 13.5. The van der Waals surface area contributed by atoms with Gasteiger partial charge in [0.15, 0.2) is 0 Å². The molecule has 0 saturated heterocycles. The highest BCUT2D eigenvalue weighted by atomic mass is 35.5. The summed E-state index contributed by atoms with van der Waals surface area (Å²) in [5, 5.41) is 3.67. The molecule has 0 saturated carbocycles. The highest BCUT2D eigenvalue weighted by molar-refractivity contribution is 6.30. The molecule has 1 aromatic carbocycles. The Balaban J connectivity index is 2.77. The average Bonchev–Trinajstić information content (AvgIpc) is 2.28. The van der Waals surface area contributed by atoms with Crippen molar-refractivity contribution in [2.45, 2.75) is 12.5 Å². The molecule has 1 aromatic rings. The van der Waals surface area contributed by atoms with Crippen molar-refractivity contribution in [3.05, 3.63) is 47.3 Å². The van der Waals surface area contributed by atoms with Crippen molar-refractivity contribution < 1.29 is 4.39 Å². The maximum absolute atomic E-state index is 13.5. The molecule has 1 unspecified atom stereocenters. The van der Waals surface area contributed by atoms with Crippen molar-refractivity contribution in [3.63, 3.8) is 0 Å². The van der Waals surface area contributed by atoms with Crippen LogP contribution in [0.2, 0.25) is 5.02 Å². The first-order valence-electron chi connectivity index (χ1n) is 5.18. The van der Waals surface area contributed by atoms with Gasteiger partial charge in [-0.3, -0.25) is 0 Å². The summed E-state index contributed by atoms with van der Waals surface area (Å²) >= 11 is 5.83. The number of nitrogens with one attached hydrogen (secondary N) is 1. The van der Waals surface area contributed by atoms with Gasteiger partial charge >= 0.3 is 0 Å². The number of halogens is 2. The van der Waals surface area contributed by atoms with E-state index in [1.807, 2.05) is 0 Å². The summed E-state index contributed by atoms with van der Waals surface area (Å²) in [4.78, 5) is 0. The minimum atomic E-state index is -0.286. The molecule has 1 atom stereocenters. The summed E-state index contributed by atoms with van der Waals surface area (Å²) in [6, 6.07) is 4.28. The quantitative estimate of drug-likeness (QED) is 0.595. The molecular weight excluding hydrogens is 227 g/mol. The Kier molecular flexibility index (Phi) is 5.46. The molecule has 0 aromatic heterocycles. The van der Waals surface area contributed by atoms with Crippen LogP contribution in [0, 0.1) is 5.82 Å². The molecule has 0 aliphatic carbocycles. The molecule has 0 amide bonds. The largest absolute Gasteiger partial charge is 0.329 e. The van der Waals surface area contributed by atoms with E-state index >= 15 is 0 Å². The van der Waals surface area contributed by atoms with Gasteiger partial charge in [0.05, 0.1) is 0 Å². The summed E-state index contributed by atoms with van der Waals surface area (Å²) in [7, 11) is 0. The SMILES string of the molecule is C=CCCNC(CN)c1cc(Cl)ccc1F. The monoisotopic (exact) mass is 242 g/mol. The Morgan fingerprint density at radius 2 is 2.31 bits per heavy atom. The minimum absolute atomic E-state index is 0.210. The first-order valence-corrected chi connectivity index (χ1v) is 5.56. The molecule has 2 nitrogen and oxygen atoms in total. The highest BCUT2D eigenvalue weighted by Gasteiger charge is 2.13. The van der Waals surface area contributed by atoms with Gasteiger partial charge in [-0.2, -0.15) is 0 Å². The lowest BCUT2D eigenvalue weighted by atomic mass is 10.1. The lowest BCUT2D eigenvalue weighted by Gasteiger charge is -2.17. The van der Waals surface area contributed by atoms with Crippen LogP contribution in [0.15, 0.2) is 30.9 Å². The van der Waals surface area contributed by atoms with Gasteiger partial charge < -0.3 is 11.1 Å². The molecule has 0 aliphatic heterocycles. The topological polar surface area (TPSA) is 38.0 Å². The zero-order valence-corrected chi connectivity index (χ0v) is 9.80. The van der Waals surface area contributed by atoms with Gasteiger partial charge in [-0.15, -0.1) is 6.58 Å². The molecule has 3 N–H and O–H groups in total. The van der Waals surface area contributed by atoms with Crippen LogP contribution < -0.4 is 11.1 Å². The zero-order valence-electron chi connectivity index (χ0n) is 9.05. The Bertz CT molecular complexity index is 355. The molecule has 1 rings (SSSR count). The van der Waals surface area contributed by atoms with Crippen molar-refractivity contribution >= 4 is 11.6 Å². The second-order valence-electron chi connectivity index (χ2n) is 3.49. The first kappa shape index (κ1) is 13.2. The van der Waals surface area contributed by atoms with Crippen LogP contribution in [0.4, 0.5) is 4.39 Å². The molecule has 0 aliphatic rings. The van der Waals surface area contributed by atoms with Gasteiger partial charge in [0.1, 0.15) is 5.82 Å². The van der Waals surface area contributed by atoms with Gasteiger partial charge in [0.25, 0.3) is 0 Å². The van der Waals surface area contributed by atoms with Crippen LogP contribution in [0.1, 0.15) is 18.0 Å². The number of hydrogen-bond donors (Lipinski definition) is 2. The normalized spacial score (nSPS) is 12.4. The fourth-order valence-corrected chi connectivity index (χ4v) is 1.64. The van der Waals surface area contributed by atoms with Gasteiger partial charge in [-0.25, -0.2) is 4.39 Å². The minimum Gasteiger partial charge on any atom is -0.329 e. The lowest BCUT2D eigenvalue weighted by Crippen LogP contribution is -2.29. The number of hydrogen-bond acceptors (Lipinski definition) is 2. The van der Waals surface area contributed by atoms with Crippen LogP contribution in [0.3, 0.4) is 0 Å². The summed E-state index contributed by atoms with van der Waals surface area (Å²) < 4.78 is 13.5. The fraction of sp³-hybridized carbons (Fsp3) is 0.333. The van der Waals surface area contributed by atoms with E-state index in [0.29, 0.717) is 17.1 Å². The standard InChI is InChI=1S/C12H16ClFN2/c1-2-3-6-16-12(8-15)10-7-9(13)4-5-11(10)14/h2,4-5,7,12,16H,1,3,6,8,15H2. The van der Waals surface area contributed by atoms with Gasteiger partial charge in [0.2, 0.25) is 0 Å². The predicted octanol–water partition coefficient (Wildman–Crippen LogP) is 2.64. The first-order chi connectivity index (χ1) is 7.69. The number of nitrogens with two attached hydrogens (primary N) is 1. The summed E-state index contributed by atoms with van der Waals surface area (Å²) in [6.45, 7) is 4.67. The number of rotatable bonds is 6. The van der Waals surface area contributed by atoms with Crippen LogP contribution in [0.5, 0.6) is 0 Å². The third kappa shape index (κ3) is 3.59. The van der Waals surface area contributed by atoms with Crippen LogP contribution in [-0.4, -0.2) is 13.1 Å². The maximum Gasteiger partial charge on any atom is 0.128 e. The molecule has 0 bridgehead atoms. The van der Waals surface area contributed by atoms with Gasteiger partial charge in [0, 0.05) is 23.2 Å². The fourth-order valence-electron chi connectivity index (χ4n) is 1.46. The molecule has 0 heterocycles. The van der Waals surface area contributed by atoms with Gasteiger partial charge in [-0.1, -0.05) is 17.7 Å². The second kappa shape index (κ2) is 6.63. The smallest absolute Gasteiger partial charge is 0.128 e. The van der Waals surface area contributed by atoms with Crippen LogP contribution in [-0.2, 0) is 0 Å². The van der Waals surface area contributed by atoms with Crippen LogP contribution >= 0.6 is 11.6 Å². The van der Waals surface area contributed by atoms with E-state index in [4.69, 9.17) is 17.3 Å². The Morgan fingerprint density at radius 3 is 2.94 bits per heavy atom. The molecular formula is C12H16ClFN2. The zero-order chi connectivity index (χ0) is 12.0. The van der Waals surface area contributed by atoms with Crippen molar-refractivity contribution in [2.75, 3.05) is 13.1 Å². The Labute approximate surface area is 100 Å². The lowest BCUT2D eigenvalue weighted by molar-refractivity contribution is 0.511. The molecule has 16 heavy (non-hydrogen) atoms. The van der Waals surface area contributed by atoms with Crippen LogP contribution in [0.25, 0.3) is 0 Å². The summed E-state index contributed by atoms with van der Waals surface area (Å²) in [5.41, 5.74) is 6.12. The second-order valence-corrected chi connectivity index (χ2v) is 3.92. The molecule has 0 spiro atoms. The average molecular weight is 243 g/mol. The Hall–Kier alpha value is -0.900. The summed E-state index contributed by atoms with van der Waals surface area (Å²) in [5.74, 6) is -0.286. The van der Waals surface area contributed by atoms with E-state index in [1.165, 1.54) is 12.1 Å². The molecule has 0 radical (unpaired) electrons. The van der Waals surface area contributed by atoms with E-state index < -0.39 is 0 Å². The summed E-state index contributed by atoms with van der Waals surface area (Å²) in [6.07, 6.45) is 2.62. The van der Waals surface area contributed by atoms with Crippen molar-refractivity contribution in [3.8, 4) is 0 Å². The highest BCUT2D eigenvalue weighted by Crippen LogP contribution is 2.20. The predicted molar refractivity (Wildman–Crippen MR) is 66.0 cm³/mol. The van der Waals surface area contributed by atoms with Crippen molar-refractivity contribution in [1.82, 2.24) is 5.32 Å². The van der Waals surface area contributed by atoms with E-state index in [-0.39, 0.29) is 11.9 Å².